The van der Waals surface area contributed by atoms with Gasteiger partial charge in [-0.25, -0.2) is 4.79 Å². The minimum Gasteiger partial charge on any atom is -0.444 e. The summed E-state index contributed by atoms with van der Waals surface area (Å²) in [6, 6.07) is 10.9. The van der Waals surface area contributed by atoms with Gasteiger partial charge in [0.2, 0.25) is 5.71 Å². The number of hydrogen-bond donors (Lipinski definition) is 2. The lowest BCUT2D eigenvalue weighted by Crippen LogP contribution is -2.46. The van der Waals surface area contributed by atoms with Gasteiger partial charge in [0.1, 0.15) is 17.7 Å². The van der Waals surface area contributed by atoms with Crippen LogP contribution >= 0.6 is 0 Å². The maximum atomic E-state index is 12.2. The standard InChI is InChI=1S/C19H24N6O2/c1-19(2,3)27-18(26)25-10-4-5-16(13-25)22-14-6-8-15(9-7-14)23-24-17(11-20)12-21/h6-9,16,22-23H,4-5,10,13H2,1-3H3. The quantitative estimate of drug-likeness (QED) is 0.622. The summed E-state index contributed by atoms with van der Waals surface area (Å²) in [6.45, 7) is 6.88. The monoisotopic (exact) mass is 368 g/mol. The van der Waals surface area contributed by atoms with Gasteiger partial charge in [-0.05, 0) is 57.9 Å². The zero-order chi connectivity index (χ0) is 19.9. The number of piperidine rings is 1. The summed E-state index contributed by atoms with van der Waals surface area (Å²) >= 11 is 0. The van der Waals surface area contributed by atoms with Crippen molar-refractivity contribution in [3.8, 4) is 12.1 Å². The van der Waals surface area contributed by atoms with Crippen LogP contribution in [0.15, 0.2) is 29.4 Å². The van der Waals surface area contributed by atoms with E-state index in [2.05, 4.69) is 15.8 Å². The molecule has 2 N–H and O–H groups in total. The average Bonchev–Trinajstić information content (AvgIpc) is 2.63. The molecule has 0 radical (unpaired) electrons. The minimum atomic E-state index is -0.500. The molecule has 8 heteroatoms. The van der Waals surface area contributed by atoms with Crippen LogP contribution < -0.4 is 10.7 Å². The molecule has 142 valence electrons. The fourth-order valence-corrected chi connectivity index (χ4v) is 2.66. The third kappa shape index (κ3) is 6.52. The summed E-state index contributed by atoms with van der Waals surface area (Å²) in [6.07, 6.45) is 1.60. The normalized spacial score (nSPS) is 16.5. The smallest absolute Gasteiger partial charge is 0.410 e. The molecular formula is C19H24N6O2. The molecule has 0 aromatic heterocycles. The predicted octanol–water partition coefficient (Wildman–Crippen LogP) is 3.31. The van der Waals surface area contributed by atoms with Crippen LogP contribution in [0.1, 0.15) is 33.6 Å². The highest BCUT2D eigenvalue weighted by atomic mass is 16.6. The van der Waals surface area contributed by atoms with Crippen LogP contribution in [0.2, 0.25) is 0 Å². The van der Waals surface area contributed by atoms with Gasteiger partial charge in [-0.3, -0.25) is 5.43 Å². The highest BCUT2D eigenvalue weighted by molar-refractivity contribution is 6.10. The van der Waals surface area contributed by atoms with E-state index in [9.17, 15) is 4.79 Å². The molecule has 1 fully saturated rings. The van der Waals surface area contributed by atoms with E-state index in [1.54, 1.807) is 29.2 Å². The number of amides is 1. The van der Waals surface area contributed by atoms with E-state index in [1.807, 2.05) is 32.9 Å². The van der Waals surface area contributed by atoms with Gasteiger partial charge >= 0.3 is 6.09 Å². The van der Waals surface area contributed by atoms with E-state index >= 15 is 0 Å². The second-order valence-electron chi connectivity index (χ2n) is 7.28. The third-order valence-corrected chi connectivity index (χ3v) is 3.84. The summed E-state index contributed by atoms with van der Waals surface area (Å²) in [7, 11) is 0. The second-order valence-corrected chi connectivity index (χ2v) is 7.28. The number of benzene rings is 1. The van der Waals surface area contributed by atoms with E-state index in [4.69, 9.17) is 15.3 Å². The van der Waals surface area contributed by atoms with Gasteiger partial charge in [-0.15, -0.1) is 0 Å². The number of likely N-dealkylation sites (tertiary alicyclic amines) is 1. The van der Waals surface area contributed by atoms with Crippen LogP contribution in [-0.2, 0) is 4.74 Å². The van der Waals surface area contributed by atoms with E-state index in [0.717, 1.165) is 18.5 Å². The predicted molar refractivity (Wildman–Crippen MR) is 103 cm³/mol. The Morgan fingerprint density at radius 2 is 1.85 bits per heavy atom. The van der Waals surface area contributed by atoms with Crippen molar-refractivity contribution in [1.82, 2.24) is 4.90 Å². The summed E-state index contributed by atoms with van der Waals surface area (Å²) < 4.78 is 5.45. The highest BCUT2D eigenvalue weighted by Gasteiger charge is 2.27. The summed E-state index contributed by atoms with van der Waals surface area (Å²) in [4.78, 5) is 14.0. The molecule has 0 aliphatic carbocycles. The van der Waals surface area contributed by atoms with Crippen molar-refractivity contribution in [2.45, 2.75) is 45.3 Å². The molecule has 1 amide bonds. The number of nitrogens with zero attached hydrogens (tertiary/aromatic N) is 4. The Kier molecular flexibility index (Phi) is 6.62. The molecule has 2 rings (SSSR count). The number of carbonyl (C=O) groups excluding carboxylic acids is 1. The van der Waals surface area contributed by atoms with Gasteiger partial charge in [0.15, 0.2) is 0 Å². The van der Waals surface area contributed by atoms with Crippen molar-refractivity contribution in [2.75, 3.05) is 23.8 Å². The molecule has 1 atom stereocenters. The van der Waals surface area contributed by atoms with Gasteiger partial charge in [0, 0.05) is 24.8 Å². The van der Waals surface area contributed by atoms with Crippen molar-refractivity contribution >= 4 is 23.2 Å². The number of rotatable bonds is 4. The average molecular weight is 368 g/mol. The first-order chi connectivity index (χ1) is 12.8. The molecule has 1 aromatic carbocycles. The number of nitriles is 2. The molecule has 1 aliphatic rings. The molecule has 0 bridgehead atoms. The Morgan fingerprint density at radius 1 is 1.22 bits per heavy atom. The van der Waals surface area contributed by atoms with Gasteiger partial charge in [-0.1, -0.05) is 0 Å². The molecule has 1 unspecified atom stereocenters. The molecule has 27 heavy (non-hydrogen) atoms. The SMILES string of the molecule is CC(C)(C)OC(=O)N1CCCC(Nc2ccc(NN=C(C#N)C#N)cc2)C1. The van der Waals surface area contributed by atoms with Gasteiger partial charge in [0.25, 0.3) is 0 Å². The highest BCUT2D eigenvalue weighted by Crippen LogP contribution is 2.20. The van der Waals surface area contributed by atoms with Crippen molar-refractivity contribution in [3.05, 3.63) is 24.3 Å². The Morgan fingerprint density at radius 3 is 2.44 bits per heavy atom. The van der Waals surface area contributed by atoms with Crippen LogP contribution in [0, 0.1) is 22.7 Å². The Bertz CT molecular complexity index is 751. The van der Waals surface area contributed by atoms with E-state index in [1.165, 1.54) is 0 Å². The Balaban J connectivity index is 1.91. The number of hydrazone groups is 1. The van der Waals surface area contributed by atoms with Crippen LogP contribution in [-0.4, -0.2) is 41.4 Å². The number of nitrogens with one attached hydrogen (secondary N) is 2. The van der Waals surface area contributed by atoms with Crippen molar-refractivity contribution in [3.63, 3.8) is 0 Å². The molecule has 1 heterocycles. The Labute approximate surface area is 159 Å². The van der Waals surface area contributed by atoms with Crippen LogP contribution in [0.4, 0.5) is 16.2 Å². The number of carbonyl (C=O) groups is 1. The van der Waals surface area contributed by atoms with Crippen molar-refractivity contribution in [2.24, 2.45) is 5.10 Å². The minimum absolute atomic E-state index is 0.145. The van der Waals surface area contributed by atoms with Gasteiger partial charge < -0.3 is 15.0 Å². The lowest BCUT2D eigenvalue weighted by Gasteiger charge is -2.34. The maximum absolute atomic E-state index is 12.2. The molecule has 0 saturated carbocycles. The molecule has 0 spiro atoms. The lowest BCUT2D eigenvalue weighted by molar-refractivity contribution is 0.0206. The molecular weight excluding hydrogens is 344 g/mol. The third-order valence-electron chi connectivity index (χ3n) is 3.84. The molecule has 8 nitrogen and oxygen atoms in total. The molecule has 1 aliphatic heterocycles. The van der Waals surface area contributed by atoms with Crippen LogP contribution in [0.25, 0.3) is 0 Å². The first-order valence-electron chi connectivity index (χ1n) is 8.79. The van der Waals surface area contributed by atoms with Crippen molar-refractivity contribution in [1.29, 1.82) is 10.5 Å². The van der Waals surface area contributed by atoms with E-state index < -0.39 is 5.60 Å². The summed E-state index contributed by atoms with van der Waals surface area (Å²) in [5.41, 5.74) is 3.52. The molecule has 1 aromatic rings. The van der Waals surface area contributed by atoms with Crippen LogP contribution in [0.3, 0.4) is 0 Å². The molecule has 1 saturated heterocycles. The lowest BCUT2D eigenvalue weighted by atomic mass is 10.1. The second kappa shape index (κ2) is 8.91. The topological polar surface area (TPSA) is 114 Å². The first-order valence-corrected chi connectivity index (χ1v) is 8.79. The fraction of sp³-hybridized carbons (Fsp3) is 0.474. The van der Waals surface area contributed by atoms with Crippen molar-refractivity contribution < 1.29 is 9.53 Å². The fourth-order valence-electron chi connectivity index (χ4n) is 2.66. The number of ether oxygens (including phenoxy) is 1. The summed E-state index contributed by atoms with van der Waals surface area (Å²) in [5.74, 6) is 0. The number of anilines is 2. The number of hydrogen-bond acceptors (Lipinski definition) is 7. The largest absolute Gasteiger partial charge is 0.444 e. The zero-order valence-corrected chi connectivity index (χ0v) is 15.8. The maximum Gasteiger partial charge on any atom is 0.410 e. The van der Waals surface area contributed by atoms with E-state index in [-0.39, 0.29) is 17.8 Å². The Hall–Kier alpha value is -3.26. The van der Waals surface area contributed by atoms with Gasteiger partial charge in [0.05, 0.1) is 5.69 Å². The van der Waals surface area contributed by atoms with Gasteiger partial charge in [-0.2, -0.15) is 15.6 Å². The zero-order valence-electron chi connectivity index (χ0n) is 15.8. The summed E-state index contributed by atoms with van der Waals surface area (Å²) in [5, 5.41) is 24.5. The van der Waals surface area contributed by atoms with Crippen LogP contribution in [0.5, 0.6) is 0 Å². The first kappa shape index (κ1) is 20.1. The van der Waals surface area contributed by atoms with E-state index in [0.29, 0.717) is 18.8 Å².